The van der Waals surface area contributed by atoms with E-state index < -0.39 is 31.7 Å². The van der Waals surface area contributed by atoms with E-state index >= 15 is 0 Å². The Morgan fingerprint density at radius 3 is 2.70 bits per heavy atom. The van der Waals surface area contributed by atoms with Crippen molar-refractivity contribution in [3.8, 4) is 0 Å². The van der Waals surface area contributed by atoms with Gasteiger partial charge in [0.1, 0.15) is 0 Å². The fraction of sp³-hybridized carbons (Fsp3) is 0.571. The third kappa shape index (κ3) is 5.07. The van der Waals surface area contributed by atoms with Crippen LogP contribution in [0, 0.1) is 5.92 Å². The van der Waals surface area contributed by atoms with Crippen LogP contribution in [0.15, 0.2) is 23.1 Å². The zero-order valence-corrected chi connectivity index (χ0v) is 13.9. The topological polar surface area (TPSA) is 58.2 Å². The second-order valence-electron chi connectivity index (χ2n) is 5.54. The van der Waals surface area contributed by atoms with E-state index in [2.05, 4.69) is 10.0 Å². The third-order valence-electron chi connectivity index (χ3n) is 3.80. The van der Waals surface area contributed by atoms with Crippen molar-refractivity contribution in [2.75, 3.05) is 19.6 Å². The predicted octanol–water partition coefficient (Wildman–Crippen LogP) is 3.03. The first kappa shape index (κ1) is 18.5. The lowest BCUT2D eigenvalue weighted by atomic mass is 9.96. The van der Waals surface area contributed by atoms with Gasteiger partial charge in [-0.1, -0.05) is 11.6 Å². The molecule has 0 aromatic heterocycles. The maximum atomic E-state index is 12.8. The Morgan fingerprint density at radius 2 is 2.09 bits per heavy atom. The highest BCUT2D eigenvalue weighted by atomic mass is 35.5. The zero-order chi connectivity index (χ0) is 17.1. The van der Waals surface area contributed by atoms with Gasteiger partial charge < -0.3 is 5.32 Å². The van der Waals surface area contributed by atoms with Gasteiger partial charge in [0.15, 0.2) is 0 Å². The van der Waals surface area contributed by atoms with Crippen molar-refractivity contribution in [2.24, 2.45) is 5.92 Å². The average molecular weight is 371 g/mol. The molecular weight excluding hydrogens is 353 g/mol. The second-order valence-corrected chi connectivity index (χ2v) is 7.71. The standard InChI is InChI=1S/C14H18ClF3N2O2S/c15-13-4-3-11(8-12(13)14(16,17)18)23(21,22)20-7-5-10-2-1-6-19-9-10/h3-4,8,10,19-20H,1-2,5-7,9H2. The first-order chi connectivity index (χ1) is 10.7. The van der Waals surface area contributed by atoms with Crippen molar-refractivity contribution in [1.82, 2.24) is 10.0 Å². The van der Waals surface area contributed by atoms with E-state index in [4.69, 9.17) is 11.6 Å². The molecule has 1 fully saturated rings. The molecule has 1 aromatic rings. The number of piperidine rings is 1. The lowest BCUT2D eigenvalue weighted by Crippen LogP contribution is -2.33. The molecule has 2 rings (SSSR count). The van der Waals surface area contributed by atoms with E-state index in [1.54, 1.807) is 0 Å². The molecule has 1 atom stereocenters. The molecule has 1 aliphatic rings. The van der Waals surface area contributed by atoms with Crippen molar-refractivity contribution in [1.29, 1.82) is 0 Å². The van der Waals surface area contributed by atoms with Gasteiger partial charge in [0.2, 0.25) is 10.0 Å². The van der Waals surface area contributed by atoms with Gasteiger partial charge in [0.25, 0.3) is 0 Å². The Hall–Kier alpha value is -0.830. The van der Waals surface area contributed by atoms with Crippen LogP contribution in [0.2, 0.25) is 5.02 Å². The molecule has 0 radical (unpaired) electrons. The number of benzene rings is 1. The monoisotopic (exact) mass is 370 g/mol. The molecule has 2 N–H and O–H groups in total. The van der Waals surface area contributed by atoms with E-state index in [9.17, 15) is 21.6 Å². The van der Waals surface area contributed by atoms with Crippen molar-refractivity contribution < 1.29 is 21.6 Å². The lowest BCUT2D eigenvalue weighted by Gasteiger charge is -2.22. The zero-order valence-electron chi connectivity index (χ0n) is 12.3. The van der Waals surface area contributed by atoms with E-state index in [-0.39, 0.29) is 6.54 Å². The van der Waals surface area contributed by atoms with Gasteiger partial charge in [0.05, 0.1) is 15.5 Å². The number of hydrogen-bond donors (Lipinski definition) is 2. The van der Waals surface area contributed by atoms with Gasteiger partial charge in [-0.05, 0) is 56.5 Å². The van der Waals surface area contributed by atoms with Gasteiger partial charge in [-0.25, -0.2) is 13.1 Å². The van der Waals surface area contributed by atoms with Crippen molar-refractivity contribution in [2.45, 2.75) is 30.3 Å². The Kier molecular flexibility index (Phi) is 5.94. The Balaban J connectivity index is 2.04. The summed E-state index contributed by atoms with van der Waals surface area (Å²) in [6.45, 7) is 1.99. The summed E-state index contributed by atoms with van der Waals surface area (Å²) in [5, 5.41) is 2.70. The molecule has 1 aliphatic heterocycles. The molecular formula is C14H18ClF3N2O2S. The molecule has 130 valence electrons. The van der Waals surface area contributed by atoms with Crippen LogP contribution in [-0.4, -0.2) is 28.1 Å². The Labute approximate surface area is 138 Å². The van der Waals surface area contributed by atoms with Crippen LogP contribution in [0.25, 0.3) is 0 Å². The summed E-state index contributed by atoms with van der Waals surface area (Å²) < 4.78 is 65.0. The number of alkyl halides is 3. The van der Waals surface area contributed by atoms with E-state index in [1.165, 1.54) is 0 Å². The number of rotatable bonds is 5. The van der Waals surface area contributed by atoms with Gasteiger partial charge in [-0.15, -0.1) is 0 Å². The molecule has 0 aliphatic carbocycles. The number of hydrogen-bond acceptors (Lipinski definition) is 3. The highest BCUT2D eigenvalue weighted by molar-refractivity contribution is 7.89. The molecule has 0 spiro atoms. The maximum Gasteiger partial charge on any atom is 0.417 e. The van der Waals surface area contributed by atoms with Crippen LogP contribution in [0.1, 0.15) is 24.8 Å². The lowest BCUT2D eigenvalue weighted by molar-refractivity contribution is -0.137. The van der Waals surface area contributed by atoms with Gasteiger partial charge in [0, 0.05) is 6.54 Å². The van der Waals surface area contributed by atoms with E-state index in [0.717, 1.165) is 38.1 Å². The van der Waals surface area contributed by atoms with Gasteiger partial charge >= 0.3 is 6.18 Å². The average Bonchev–Trinajstić information content (AvgIpc) is 2.47. The minimum absolute atomic E-state index is 0.193. The van der Waals surface area contributed by atoms with E-state index in [1.807, 2.05) is 0 Å². The van der Waals surface area contributed by atoms with E-state index in [0.29, 0.717) is 18.4 Å². The second kappa shape index (κ2) is 7.38. The van der Waals surface area contributed by atoms with Gasteiger partial charge in [-0.2, -0.15) is 13.2 Å². The fourth-order valence-electron chi connectivity index (χ4n) is 2.54. The minimum Gasteiger partial charge on any atom is -0.316 e. The molecule has 4 nitrogen and oxygen atoms in total. The van der Waals surface area contributed by atoms with Crippen molar-refractivity contribution >= 4 is 21.6 Å². The summed E-state index contributed by atoms with van der Waals surface area (Å²) in [5.41, 5.74) is -1.15. The molecule has 0 amide bonds. The molecule has 1 heterocycles. The molecule has 23 heavy (non-hydrogen) atoms. The summed E-state index contributed by atoms with van der Waals surface area (Å²) in [6, 6.07) is 2.58. The van der Waals surface area contributed by atoms with Crippen LogP contribution < -0.4 is 10.0 Å². The van der Waals surface area contributed by atoms with Crippen molar-refractivity contribution in [3.63, 3.8) is 0 Å². The van der Waals surface area contributed by atoms with Crippen LogP contribution in [0.3, 0.4) is 0 Å². The van der Waals surface area contributed by atoms with Crippen LogP contribution in [0.5, 0.6) is 0 Å². The van der Waals surface area contributed by atoms with Crippen LogP contribution in [-0.2, 0) is 16.2 Å². The largest absolute Gasteiger partial charge is 0.417 e. The molecule has 0 bridgehead atoms. The SMILES string of the molecule is O=S(=O)(NCCC1CCCNC1)c1ccc(Cl)c(C(F)(F)F)c1. The maximum absolute atomic E-state index is 12.8. The summed E-state index contributed by atoms with van der Waals surface area (Å²) >= 11 is 5.49. The Bertz CT molecular complexity index is 644. The van der Waals surface area contributed by atoms with Gasteiger partial charge in [-0.3, -0.25) is 0 Å². The summed E-state index contributed by atoms with van der Waals surface area (Å²) in [6.07, 6.45) is -1.99. The van der Waals surface area contributed by atoms with Crippen molar-refractivity contribution in [3.05, 3.63) is 28.8 Å². The third-order valence-corrected chi connectivity index (χ3v) is 5.59. The molecule has 1 aromatic carbocycles. The fourth-order valence-corrected chi connectivity index (χ4v) is 3.84. The Morgan fingerprint density at radius 1 is 1.35 bits per heavy atom. The van der Waals surface area contributed by atoms with Crippen LogP contribution >= 0.6 is 11.6 Å². The highest BCUT2D eigenvalue weighted by Gasteiger charge is 2.34. The highest BCUT2D eigenvalue weighted by Crippen LogP contribution is 2.35. The molecule has 0 saturated carbocycles. The minimum atomic E-state index is -4.70. The molecule has 1 unspecified atom stereocenters. The normalized spacial score (nSPS) is 19.7. The summed E-state index contributed by atoms with van der Waals surface area (Å²) in [4.78, 5) is -0.434. The van der Waals surface area contributed by atoms with Crippen LogP contribution in [0.4, 0.5) is 13.2 Å². The molecule has 9 heteroatoms. The summed E-state index contributed by atoms with van der Waals surface area (Å²) in [7, 11) is -3.99. The predicted molar refractivity (Wildman–Crippen MR) is 81.9 cm³/mol. The first-order valence-corrected chi connectivity index (χ1v) is 9.13. The summed E-state index contributed by atoms with van der Waals surface area (Å²) in [5.74, 6) is 0.377. The molecule has 1 saturated heterocycles. The smallest absolute Gasteiger partial charge is 0.316 e. The number of sulfonamides is 1. The number of halogens is 4. The quantitative estimate of drug-likeness (QED) is 0.837. The first-order valence-electron chi connectivity index (χ1n) is 7.27. The number of nitrogens with one attached hydrogen (secondary N) is 2.